The van der Waals surface area contributed by atoms with Gasteiger partial charge in [0.15, 0.2) is 0 Å². The molecule has 3 heterocycles. The number of fused-ring (bicyclic) bond motifs is 1. The number of pyridine rings is 1. The van der Waals surface area contributed by atoms with E-state index in [2.05, 4.69) is 21.2 Å². The van der Waals surface area contributed by atoms with Crippen molar-refractivity contribution in [2.75, 3.05) is 0 Å². The zero-order valence-electron chi connectivity index (χ0n) is 14.5. The fourth-order valence-electron chi connectivity index (χ4n) is 2.89. The van der Waals surface area contributed by atoms with E-state index in [-0.39, 0.29) is 16.5 Å². The smallest absolute Gasteiger partial charge is 0.150 e. The minimum Gasteiger partial charge on any atom is -0.286 e. The Morgan fingerprint density at radius 1 is 1.11 bits per heavy atom. The lowest BCUT2D eigenvalue weighted by molar-refractivity contribution is 0.768. The molecule has 7 nitrogen and oxygen atoms in total. The minimum absolute atomic E-state index is 0.116. The van der Waals surface area contributed by atoms with Crippen molar-refractivity contribution in [2.24, 2.45) is 7.05 Å². The average Bonchev–Trinajstić information content (AvgIpc) is 3.09. The second-order valence-corrected chi connectivity index (χ2v) is 6.62. The van der Waals surface area contributed by atoms with Crippen molar-refractivity contribution in [1.29, 1.82) is 10.8 Å². The van der Waals surface area contributed by atoms with Gasteiger partial charge in [-0.15, -0.1) is 0 Å². The summed E-state index contributed by atoms with van der Waals surface area (Å²) in [5.74, 6) is 0.179. The molecular weight excluding hydrogens is 362 g/mol. The number of aromatic nitrogens is 5. The Labute approximate surface area is 159 Å². The molecule has 1 aromatic carbocycles. The first kappa shape index (κ1) is 17.1. The standard InChI is InChI=1S/C19H16ClN7/c1-26-11-15(10-24-26)14-8-13-6-12(2-3-16(13)23-9-14)7-19(22)27-18(21)5-4-17(20)25-27/h2-6,8-11,21-22H,7H2,1H3. The van der Waals surface area contributed by atoms with E-state index in [1.165, 1.54) is 16.8 Å². The highest BCUT2D eigenvalue weighted by Gasteiger charge is 2.08. The van der Waals surface area contributed by atoms with Crippen LogP contribution in [0.3, 0.4) is 0 Å². The Morgan fingerprint density at radius 2 is 1.96 bits per heavy atom. The van der Waals surface area contributed by atoms with Crippen LogP contribution in [0.15, 0.2) is 55.0 Å². The second-order valence-electron chi connectivity index (χ2n) is 6.23. The SMILES string of the molecule is Cn1cc(-c2cnc3ccc(CC(=N)n4nc(Cl)ccc4=N)cc3c2)cn1. The lowest BCUT2D eigenvalue weighted by atomic mass is 10.0. The number of benzene rings is 1. The van der Waals surface area contributed by atoms with E-state index in [4.69, 9.17) is 22.4 Å². The third-order valence-corrected chi connectivity index (χ3v) is 4.42. The Hall–Kier alpha value is -3.32. The maximum atomic E-state index is 8.29. The molecule has 0 atom stereocenters. The molecule has 0 spiro atoms. The molecular formula is C19H16ClN7. The molecule has 4 aromatic rings. The van der Waals surface area contributed by atoms with Crippen molar-refractivity contribution < 1.29 is 0 Å². The molecule has 0 aliphatic rings. The van der Waals surface area contributed by atoms with Gasteiger partial charge in [-0.2, -0.15) is 10.2 Å². The summed E-state index contributed by atoms with van der Waals surface area (Å²) in [4.78, 5) is 4.52. The first-order chi connectivity index (χ1) is 13.0. The zero-order valence-corrected chi connectivity index (χ0v) is 15.3. The fraction of sp³-hybridized carbons (Fsp3) is 0.105. The van der Waals surface area contributed by atoms with Crippen molar-refractivity contribution in [3.63, 3.8) is 0 Å². The van der Waals surface area contributed by atoms with E-state index >= 15 is 0 Å². The van der Waals surface area contributed by atoms with Crippen LogP contribution in [0, 0.1) is 10.8 Å². The highest BCUT2D eigenvalue weighted by Crippen LogP contribution is 2.23. The van der Waals surface area contributed by atoms with Crippen molar-refractivity contribution >= 4 is 28.3 Å². The molecule has 27 heavy (non-hydrogen) atoms. The molecule has 0 radical (unpaired) electrons. The van der Waals surface area contributed by atoms with E-state index < -0.39 is 0 Å². The summed E-state index contributed by atoms with van der Waals surface area (Å²) < 4.78 is 2.99. The van der Waals surface area contributed by atoms with Gasteiger partial charge in [0.2, 0.25) is 0 Å². The van der Waals surface area contributed by atoms with Crippen molar-refractivity contribution in [3.05, 3.63) is 71.2 Å². The first-order valence-corrected chi connectivity index (χ1v) is 8.63. The first-order valence-electron chi connectivity index (χ1n) is 8.25. The molecule has 8 heteroatoms. The monoisotopic (exact) mass is 377 g/mol. The third kappa shape index (κ3) is 3.50. The Balaban J connectivity index is 1.67. The van der Waals surface area contributed by atoms with Crippen LogP contribution < -0.4 is 5.49 Å². The third-order valence-electron chi connectivity index (χ3n) is 4.21. The van der Waals surface area contributed by atoms with Crippen LogP contribution in [0.2, 0.25) is 5.15 Å². The van der Waals surface area contributed by atoms with E-state index in [1.54, 1.807) is 10.9 Å². The predicted molar refractivity (Wildman–Crippen MR) is 104 cm³/mol. The van der Waals surface area contributed by atoms with Gasteiger partial charge in [0.25, 0.3) is 0 Å². The van der Waals surface area contributed by atoms with Crippen LogP contribution in [-0.4, -0.2) is 30.4 Å². The number of aryl methyl sites for hydroxylation is 1. The molecule has 0 amide bonds. The van der Waals surface area contributed by atoms with Gasteiger partial charge in [-0.05, 0) is 35.9 Å². The van der Waals surface area contributed by atoms with Gasteiger partial charge in [0.05, 0.1) is 11.7 Å². The Morgan fingerprint density at radius 3 is 2.74 bits per heavy atom. The molecule has 0 unspecified atom stereocenters. The van der Waals surface area contributed by atoms with E-state index in [1.807, 2.05) is 37.6 Å². The lowest BCUT2D eigenvalue weighted by Crippen LogP contribution is -2.29. The molecule has 0 aliphatic heterocycles. The Kier molecular flexibility index (Phi) is 4.29. The van der Waals surface area contributed by atoms with Crippen LogP contribution in [-0.2, 0) is 13.5 Å². The van der Waals surface area contributed by atoms with Gasteiger partial charge in [-0.25, -0.2) is 4.68 Å². The van der Waals surface area contributed by atoms with Crippen LogP contribution in [0.25, 0.3) is 22.0 Å². The summed E-state index contributed by atoms with van der Waals surface area (Å²) in [6.07, 6.45) is 5.91. The normalized spacial score (nSPS) is 11.0. The quantitative estimate of drug-likeness (QED) is 0.424. The Bertz CT molecular complexity index is 1220. The summed E-state index contributed by atoms with van der Waals surface area (Å²) >= 11 is 5.89. The molecule has 0 saturated carbocycles. The zero-order chi connectivity index (χ0) is 19.0. The molecule has 2 N–H and O–H groups in total. The summed E-state index contributed by atoms with van der Waals surface area (Å²) in [6, 6.07) is 11.0. The highest BCUT2D eigenvalue weighted by atomic mass is 35.5. The van der Waals surface area contributed by atoms with E-state index in [9.17, 15) is 0 Å². The van der Waals surface area contributed by atoms with Crippen LogP contribution in [0.5, 0.6) is 0 Å². The van der Waals surface area contributed by atoms with Gasteiger partial charge < -0.3 is 0 Å². The predicted octanol–water partition coefficient (Wildman–Crippen LogP) is 3.03. The number of nitrogens with one attached hydrogen (secondary N) is 2. The number of halogens is 1. The van der Waals surface area contributed by atoms with Gasteiger partial charge in [0, 0.05) is 42.4 Å². The van der Waals surface area contributed by atoms with Crippen LogP contribution in [0.4, 0.5) is 0 Å². The lowest BCUT2D eigenvalue weighted by Gasteiger charge is -2.09. The summed E-state index contributed by atoms with van der Waals surface area (Å²) in [7, 11) is 1.88. The van der Waals surface area contributed by atoms with Crippen LogP contribution in [0.1, 0.15) is 5.56 Å². The maximum absolute atomic E-state index is 8.29. The molecule has 0 aliphatic carbocycles. The number of nitrogens with zero attached hydrogens (tertiary/aromatic N) is 5. The molecule has 0 fully saturated rings. The summed E-state index contributed by atoms with van der Waals surface area (Å²) in [6.45, 7) is 0. The second kappa shape index (κ2) is 6.77. The molecule has 3 aromatic heterocycles. The highest BCUT2D eigenvalue weighted by molar-refractivity contribution is 6.29. The van der Waals surface area contributed by atoms with Crippen molar-refractivity contribution in [2.45, 2.75) is 6.42 Å². The minimum atomic E-state index is 0.116. The van der Waals surface area contributed by atoms with Gasteiger partial charge >= 0.3 is 0 Å². The number of hydrogen-bond acceptors (Lipinski definition) is 5. The maximum Gasteiger partial charge on any atom is 0.150 e. The van der Waals surface area contributed by atoms with Gasteiger partial charge in [-0.3, -0.25) is 20.5 Å². The van der Waals surface area contributed by atoms with Crippen molar-refractivity contribution in [3.8, 4) is 11.1 Å². The molecule has 134 valence electrons. The van der Waals surface area contributed by atoms with Crippen molar-refractivity contribution in [1.82, 2.24) is 24.5 Å². The van der Waals surface area contributed by atoms with Gasteiger partial charge in [0.1, 0.15) is 16.5 Å². The number of hydrogen-bond donors (Lipinski definition) is 2. The topological polar surface area (TPSA) is 96.2 Å². The van der Waals surface area contributed by atoms with Crippen LogP contribution >= 0.6 is 11.6 Å². The largest absolute Gasteiger partial charge is 0.286 e. The van der Waals surface area contributed by atoms with Gasteiger partial charge in [-0.1, -0.05) is 17.7 Å². The summed E-state index contributed by atoms with van der Waals surface area (Å²) in [5, 5.41) is 25.7. The van der Waals surface area contributed by atoms with E-state index in [0.717, 1.165) is 27.6 Å². The fourth-order valence-corrected chi connectivity index (χ4v) is 3.03. The molecule has 4 rings (SSSR count). The molecule has 0 saturated heterocycles. The van der Waals surface area contributed by atoms with E-state index in [0.29, 0.717) is 6.42 Å². The average molecular weight is 378 g/mol. The molecule has 0 bridgehead atoms. The number of rotatable bonds is 3. The summed E-state index contributed by atoms with van der Waals surface area (Å²) in [5.41, 5.74) is 3.93.